The predicted octanol–water partition coefficient (Wildman–Crippen LogP) is 1.83. The van der Waals surface area contributed by atoms with Crippen LogP contribution in [0.4, 0.5) is 0 Å². The molecular formula is C4H7AgI-2. The van der Waals surface area contributed by atoms with E-state index in [4.69, 9.17) is 0 Å². The minimum atomic E-state index is 0. The first kappa shape index (κ1) is 28.3. The third-order valence-corrected chi connectivity index (χ3v) is 0. The number of rotatable bonds is 0. The van der Waals surface area contributed by atoms with Gasteiger partial charge in [0, 0.05) is 22.4 Å². The van der Waals surface area contributed by atoms with Gasteiger partial charge in [0.25, 0.3) is 0 Å². The SMILES string of the molecule is I.[Ag].[CH-]=C.[CH-]=C. The molecule has 43 valence electrons. The number of hydrogen-bond donors (Lipinski definition) is 0. The standard InChI is InChI=1S/2C2H3.Ag.HI/c2*1-2;;/h2*1H,2H2;;1H/q2*-1;;. The van der Waals surface area contributed by atoms with Crippen molar-refractivity contribution >= 4 is 24.0 Å². The molecule has 0 heterocycles. The summed E-state index contributed by atoms with van der Waals surface area (Å²) in [6.07, 6.45) is 0. The van der Waals surface area contributed by atoms with Crippen LogP contribution >= 0.6 is 24.0 Å². The molecule has 0 aliphatic carbocycles. The molecule has 1 radical (unpaired) electrons. The summed E-state index contributed by atoms with van der Waals surface area (Å²) >= 11 is 0. The minimum Gasteiger partial charge on any atom is -0.521 e. The van der Waals surface area contributed by atoms with Gasteiger partial charge in [-0.15, -0.1) is 24.0 Å². The fraction of sp³-hybridized carbons (Fsp3) is 0. The second-order valence-electron chi connectivity index (χ2n) is 0. The molecule has 0 spiro atoms. The summed E-state index contributed by atoms with van der Waals surface area (Å²) in [4.78, 5) is 0. The van der Waals surface area contributed by atoms with E-state index in [-0.39, 0.29) is 46.4 Å². The summed E-state index contributed by atoms with van der Waals surface area (Å²) in [7, 11) is 0. The Hall–Kier alpha value is 0.950. The van der Waals surface area contributed by atoms with E-state index in [2.05, 4.69) is 26.3 Å². The second-order valence-corrected chi connectivity index (χ2v) is 0. The summed E-state index contributed by atoms with van der Waals surface area (Å²) in [5, 5.41) is 0. The van der Waals surface area contributed by atoms with Crippen molar-refractivity contribution in [3.63, 3.8) is 0 Å². The maximum Gasteiger partial charge on any atom is 0 e. The molecule has 0 aromatic heterocycles. The molecule has 0 saturated heterocycles. The van der Waals surface area contributed by atoms with E-state index >= 15 is 0 Å². The average Bonchev–Trinajstić information content (AvgIpc) is 1.50. The molecule has 0 N–H and O–H groups in total. The Morgan fingerprint density at radius 1 is 0.833 bits per heavy atom. The van der Waals surface area contributed by atoms with Crippen molar-refractivity contribution in [2.45, 2.75) is 0 Å². The molecular weight excluding hydrogens is 283 g/mol. The maximum atomic E-state index is 4.25. The zero-order chi connectivity index (χ0) is 4.00. The molecule has 2 heteroatoms. The fourth-order valence-electron chi connectivity index (χ4n) is 0. The second kappa shape index (κ2) is 161. The van der Waals surface area contributed by atoms with Gasteiger partial charge in [0.05, 0.1) is 0 Å². The van der Waals surface area contributed by atoms with Gasteiger partial charge in [0.2, 0.25) is 0 Å². The third-order valence-electron chi connectivity index (χ3n) is 0. The molecule has 0 amide bonds. The van der Waals surface area contributed by atoms with E-state index in [1.54, 1.807) is 0 Å². The van der Waals surface area contributed by atoms with Crippen molar-refractivity contribution in [1.29, 1.82) is 0 Å². The maximum absolute atomic E-state index is 4.25. The molecule has 0 aromatic rings. The summed E-state index contributed by atoms with van der Waals surface area (Å²) < 4.78 is 0. The molecule has 0 aliphatic heterocycles. The molecule has 0 bridgehead atoms. The minimum absolute atomic E-state index is 0. The smallest absolute Gasteiger partial charge is 0 e. The van der Waals surface area contributed by atoms with E-state index in [1.165, 1.54) is 0 Å². The van der Waals surface area contributed by atoms with Crippen molar-refractivity contribution in [1.82, 2.24) is 0 Å². The van der Waals surface area contributed by atoms with E-state index < -0.39 is 0 Å². The Morgan fingerprint density at radius 2 is 0.833 bits per heavy atom. The molecule has 0 saturated carbocycles. The van der Waals surface area contributed by atoms with E-state index in [9.17, 15) is 0 Å². The van der Waals surface area contributed by atoms with Crippen LogP contribution in [0.2, 0.25) is 0 Å². The topological polar surface area (TPSA) is 0 Å². The summed E-state index contributed by atoms with van der Waals surface area (Å²) in [5.74, 6) is 0. The first-order valence-corrected chi connectivity index (χ1v) is 0.816. The first-order chi connectivity index (χ1) is 2.00. The zero-order valence-electron chi connectivity index (χ0n) is 3.28. The van der Waals surface area contributed by atoms with Crippen molar-refractivity contribution in [3.05, 3.63) is 26.3 Å². The quantitative estimate of drug-likeness (QED) is 0.363. The number of hydrogen-bond acceptors (Lipinski definition) is 0. The van der Waals surface area contributed by atoms with Gasteiger partial charge in [-0.1, -0.05) is 0 Å². The first-order valence-electron chi connectivity index (χ1n) is 0.816. The summed E-state index contributed by atoms with van der Waals surface area (Å²) in [5.41, 5.74) is 0. The van der Waals surface area contributed by atoms with Gasteiger partial charge in [-0.2, -0.15) is 0 Å². The monoisotopic (exact) mass is 289 g/mol. The average molecular weight is 290 g/mol. The van der Waals surface area contributed by atoms with E-state index in [0.29, 0.717) is 0 Å². The van der Waals surface area contributed by atoms with Crippen molar-refractivity contribution in [2.75, 3.05) is 0 Å². The number of halogens is 1. The molecule has 0 rings (SSSR count). The molecule has 0 aliphatic rings. The van der Waals surface area contributed by atoms with Crippen molar-refractivity contribution < 1.29 is 22.4 Å². The normalized spacial score (nSPS) is 1.33. The summed E-state index contributed by atoms with van der Waals surface area (Å²) in [6, 6.07) is 0. The molecule has 0 atom stereocenters. The van der Waals surface area contributed by atoms with Gasteiger partial charge in [-0.3, -0.25) is 13.2 Å². The van der Waals surface area contributed by atoms with Crippen LogP contribution in [0.5, 0.6) is 0 Å². The van der Waals surface area contributed by atoms with Gasteiger partial charge in [0.15, 0.2) is 0 Å². The molecule has 0 unspecified atom stereocenters. The fourth-order valence-corrected chi connectivity index (χ4v) is 0. The Labute approximate surface area is 72.2 Å². The van der Waals surface area contributed by atoms with Crippen LogP contribution in [0.25, 0.3) is 0 Å². The molecule has 0 nitrogen and oxygen atoms in total. The largest absolute Gasteiger partial charge is 0.521 e. The van der Waals surface area contributed by atoms with Crippen molar-refractivity contribution in [2.24, 2.45) is 0 Å². The van der Waals surface area contributed by atoms with Gasteiger partial charge in [0.1, 0.15) is 0 Å². The molecule has 6 heavy (non-hydrogen) atoms. The van der Waals surface area contributed by atoms with Crippen molar-refractivity contribution in [3.8, 4) is 0 Å². The van der Waals surface area contributed by atoms with Crippen LogP contribution in [0.15, 0.2) is 13.2 Å². The Morgan fingerprint density at radius 3 is 0.833 bits per heavy atom. The molecule has 0 aromatic carbocycles. The van der Waals surface area contributed by atoms with E-state index in [0.717, 1.165) is 0 Å². The van der Waals surface area contributed by atoms with Crippen LogP contribution in [0, 0.1) is 13.2 Å². The van der Waals surface area contributed by atoms with Gasteiger partial charge < -0.3 is 13.2 Å². The Balaban J connectivity index is -0.00000000500. The zero-order valence-corrected chi connectivity index (χ0v) is 7.09. The van der Waals surface area contributed by atoms with Gasteiger partial charge >= 0.3 is 0 Å². The Bertz CT molecular complexity index is 9.51. The van der Waals surface area contributed by atoms with E-state index in [1.807, 2.05) is 0 Å². The van der Waals surface area contributed by atoms with Crippen LogP contribution in [0.3, 0.4) is 0 Å². The van der Waals surface area contributed by atoms with Crippen LogP contribution in [-0.2, 0) is 22.4 Å². The third kappa shape index (κ3) is 85.5. The predicted molar refractivity (Wildman–Crippen MR) is 35.3 cm³/mol. The van der Waals surface area contributed by atoms with Crippen LogP contribution in [0.1, 0.15) is 0 Å². The van der Waals surface area contributed by atoms with Gasteiger partial charge in [-0.25, -0.2) is 0 Å². The Kier molecular flexibility index (Phi) is 761. The molecule has 0 fully saturated rings. The summed E-state index contributed by atoms with van der Waals surface area (Å²) in [6.45, 7) is 14.0. The van der Waals surface area contributed by atoms with Crippen LogP contribution < -0.4 is 0 Å². The van der Waals surface area contributed by atoms with Crippen LogP contribution in [-0.4, -0.2) is 0 Å². The van der Waals surface area contributed by atoms with Gasteiger partial charge in [-0.05, 0) is 0 Å².